The molecule has 2 aromatic carbocycles. The zero-order valence-corrected chi connectivity index (χ0v) is 16.3. The molecule has 0 saturated heterocycles. The van der Waals surface area contributed by atoms with Gasteiger partial charge in [-0.25, -0.2) is 4.98 Å². The molecule has 0 unspecified atom stereocenters. The molecule has 0 aliphatic rings. The molecule has 0 spiro atoms. The van der Waals surface area contributed by atoms with E-state index < -0.39 is 0 Å². The second-order valence-corrected chi connectivity index (χ2v) is 6.73. The Hall–Kier alpha value is -3.02. The quantitative estimate of drug-likeness (QED) is 0.652. The van der Waals surface area contributed by atoms with E-state index in [4.69, 9.17) is 4.74 Å². The van der Waals surface area contributed by atoms with Crippen molar-refractivity contribution in [3.05, 3.63) is 93.9 Å². The molecule has 0 saturated carbocycles. The molecule has 0 atom stereocenters. The first kappa shape index (κ1) is 19.7. The average Bonchev–Trinajstić information content (AvgIpc) is 2.69. The molecule has 0 amide bonds. The van der Waals surface area contributed by atoms with Crippen molar-refractivity contribution in [2.24, 2.45) is 0 Å². The number of methoxy groups -OCH3 is 1. The van der Waals surface area contributed by atoms with Gasteiger partial charge in [-0.15, -0.1) is 0 Å². The summed E-state index contributed by atoms with van der Waals surface area (Å²) in [4.78, 5) is 21.3. The molecular formula is C23H25N3O2. The first-order chi connectivity index (χ1) is 13.6. The Bertz CT molecular complexity index is 963. The summed E-state index contributed by atoms with van der Waals surface area (Å²) in [5.74, 6) is 0.560. The van der Waals surface area contributed by atoms with Crippen molar-refractivity contribution >= 4 is 6.08 Å². The summed E-state index contributed by atoms with van der Waals surface area (Å²) in [7, 11) is 3.68. The number of aromatic nitrogens is 2. The lowest BCUT2D eigenvalue weighted by Gasteiger charge is -2.14. The predicted molar refractivity (Wildman–Crippen MR) is 113 cm³/mol. The molecule has 5 heteroatoms. The van der Waals surface area contributed by atoms with Crippen molar-refractivity contribution in [3.8, 4) is 11.4 Å². The minimum Gasteiger partial charge on any atom is -0.378 e. The van der Waals surface area contributed by atoms with Gasteiger partial charge in [-0.1, -0.05) is 66.7 Å². The Labute approximate surface area is 165 Å². The second-order valence-electron chi connectivity index (χ2n) is 6.73. The van der Waals surface area contributed by atoms with Gasteiger partial charge in [0.05, 0.1) is 12.3 Å². The highest BCUT2D eigenvalue weighted by Gasteiger charge is 2.05. The number of ether oxygens (including phenoxy) is 1. The Balaban J connectivity index is 1.61. The summed E-state index contributed by atoms with van der Waals surface area (Å²) in [6.07, 6.45) is 4.30. The molecule has 1 N–H and O–H groups in total. The van der Waals surface area contributed by atoms with Crippen LogP contribution < -0.4 is 5.56 Å². The number of rotatable bonds is 8. The van der Waals surface area contributed by atoms with E-state index in [1.165, 1.54) is 17.2 Å². The van der Waals surface area contributed by atoms with Crippen LogP contribution in [0.15, 0.2) is 71.5 Å². The van der Waals surface area contributed by atoms with Gasteiger partial charge >= 0.3 is 0 Å². The SMILES string of the molecule is COCc1cc(=O)[nH]c(-c2ccc(CN(C)C/C=C/c3ccccc3)cc2)n1. The third-order valence-electron chi connectivity index (χ3n) is 4.29. The van der Waals surface area contributed by atoms with Gasteiger partial charge in [0, 0.05) is 31.8 Å². The van der Waals surface area contributed by atoms with Gasteiger partial charge in [0.1, 0.15) is 5.82 Å². The monoisotopic (exact) mass is 375 g/mol. The summed E-state index contributed by atoms with van der Waals surface area (Å²) in [6.45, 7) is 2.02. The van der Waals surface area contributed by atoms with Gasteiger partial charge in [-0.2, -0.15) is 0 Å². The molecule has 3 rings (SSSR count). The largest absolute Gasteiger partial charge is 0.378 e. The fourth-order valence-corrected chi connectivity index (χ4v) is 2.94. The van der Waals surface area contributed by atoms with Gasteiger partial charge < -0.3 is 9.72 Å². The molecule has 3 aromatic rings. The van der Waals surface area contributed by atoms with E-state index in [0.29, 0.717) is 18.1 Å². The minimum atomic E-state index is -0.175. The normalized spacial score (nSPS) is 11.4. The van der Waals surface area contributed by atoms with Crippen LogP contribution in [0.2, 0.25) is 0 Å². The Morgan fingerprint density at radius 1 is 1.11 bits per heavy atom. The van der Waals surface area contributed by atoms with Crippen LogP contribution in [-0.4, -0.2) is 35.6 Å². The molecule has 0 aliphatic carbocycles. The maximum absolute atomic E-state index is 11.8. The summed E-state index contributed by atoms with van der Waals surface area (Å²) in [6, 6.07) is 19.8. The van der Waals surface area contributed by atoms with Crippen LogP contribution in [0.3, 0.4) is 0 Å². The molecule has 1 heterocycles. The fourth-order valence-electron chi connectivity index (χ4n) is 2.94. The first-order valence-corrected chi connectivity index (χ1v) is 9.22. The molecular weight excluding hydrogens is 350 g/mol. The van der Waals surface area contributed by atoms with Crippen LogP contribution in [0.25, 0.3) is 17.5 Å². The maximum Gasteiger partial charge on any atom is 0.251 e. The zero-order valence-electron chi connectivity index (χ0n) is 16.3. The predicted octanol–water partition coefficient (Wildman–Crippen LogP) is 3.73. The highest BCUT2D eigenvalue weighted by Crippen LogP contribution is 2.16. The molecule has 0 bridgehead atoms. The van der Waals surface area contributed by atoms with Crippen molar-refractivity contribution in [2.75, 3.05) is 20.7 Å². The highest BCUT2D eigenvalue weighted by molar-refractivity contribution is 5.55. The van der Waals surface area contributed by atoms with E-state index >= 15 is 0 Å². The van der Waals surface area contributed by atoms with E-state index in [9.17, 15) is 4.79 Å². The Morgan fingerprint density at radius 2 is 1.86 bits per heavy atom. The maximum atomic E-state index is 11.8. The second kappa shape index (κ2) is 9.78. The van der Waals surface area contributed by atoms with Crippen LogP contribution in [0, 0.1) is 0 Å². The molecule has 5 nitrogen and oxygen atoms in total. The van der Waals surface area contributed by atoms with E-state index in [1.54, 1.807) is 7.11 Å². The van der Waals surface area contributed by atoms with Crippen LogP contribution in [-0.2, 0) is 17.9 Å². The molecule has 28 heavy (non-hydrogen) atoms. The number of likely N-dealkylation sites (N-methyl/N-ethyl adjacent to an activating group) is 1. The van der Waals surface area contributed by atoms with Gasteiger partial charge in [0.25, 0.3) is 5.56 Å². The summed E-state index contributed by atoms with van der Waals surface area (Å²) < 4.78 is 5.07. The first-order valence-electron chi connectivity index (χ1n) is 9.22. The van der Waals surface area contributed by atoms with Gasteiger partial charge in [0.15, 0.2) is 0 Å². The minimum absolute atomic E-state index is 0.175. The summed E-state index contributed by atoms with van der Waals surface area (Å²) in [5, 5.41) is 0. The summed E-state index contributed by atoms with van der Waals surface area (Å²) >= 11 is 0. The van der Waals surface area contributed by atoms with Crippen molar-refractivity contribution in [2.45, 2.75) is 13.2 Å². The van der Waals surface area contributed by atoms with Gasteiger partial charge in [-0.3, -0.25) is 9.69 Å². The number of hydrogen-bond donors (Lipinski definition) is 1. The fraction of sp³-hybridized carbons (Fsp3) is 0.217. The molecule has 144 valence electrons. The molecule has 1 aromatic heterocycles. The van der Waals surface area contributed by atoms with E-state index in [1.807, 2.05) is 30.3 Å². The van der Waals surface area contributed by atoms with Crippen LogP contribution in [0.4, 0.5) is 0 Å². The molecule has 0 fully saturated rings. The van der Waals surface area contributed by atoms with E-state index in [2.05, 4.69) is 58.3 Å². The number of hydrogen-bond acceptors (Lipinski definition) is 4. The lowest BCUT2D eigenvalue weighted by atomic mass is 10.1. The smallest absolute Gasteiger partial charge is 0.251 e. The van der Waals surface area contributed by atoms with Crippen LogP contribution in [0.1, 0.15) is 16.8 Å². The number of nitrogens with zero attached hydrogens (tertiary/aromatic N) is 2. The van der Waals surface area contributed by atoms with E-state index in [0.717, 1.165) is 18.7 Å². The van der Waals surface area contributed by atoms with Crippen LogP contribution >= 0.6 is 0 Å². The number of H-pyrrole nitrogens is 1. The van der Waals surface area contributed by atoms with Crippen molar-refractivity contribution < 1.29 is 4.74 Å². The highest BCUT2D eigenvalue weighted by atomic mass is 16.5. The third-order valence-corrected chi connectivity index (χ3v) is 4.29. The van der Waals surface area contributed by atoms with Crippen molar-refractivity contribution in [1.82, 2.24) is 14.9 Å². The van der Waals surface area contributed by atoms with E-state index in [-0.39, 0.29) is 5.56 Å². The lowest BCUT2D eigenvalue weighted by Crippen LogP contribution is -2.17. The van der Waals surface area contributed by atoms with Crippen LogP contribution in [0.5, 0.6) is 0 Å². The third kappa shape index (κ3) is 5.74. The van der Waals surface area contributed by atoms with Gasteiger partial charge in [-0.05, 0) is 18.2 Å². The number of aromatic amines is 1. The van der Waals surface area contributed by atoms with Crippen molar-refractivity contribution in [3.63, 3.8) is 0 Å². The van der Waals surface area contributed by atoms with Crippen molar-refractivity contribution in [1.29, 1.82) is 0 Å². The molecule has 0 radical (unpaired) electrons. The lowest BCUT2D eigenvalue weighted by molar-refractivity contribution is 0.181. The average molecular weight is 375 g/mol. The number of nitrogens with one attached hydrogen (secondary N) is 1. The number of benzene rings is 2. The topological polar surface area (TPSA) is 58.2 Å². The van der Waals surface area contributed by atoms with Gasteiger partial charge in [0.2, 0.25) is 0 Å². The summed E-state index contributed by atoms with van der Waals surface area (Å²) in [5.41, 5.74) is 3.74. The Kier molecular flexibility index (Phi) is 6.89. The Morgan fingerprint density at radius 3 is 2.57 bits per heavy atom. The standard InChI is InChI=1S/C23H25N3O2/c1-26(14-6-9-18-7-4-3-5-8-18)16-19-10-12-20(13-11-19)23-24-21(17-28-2)15-22(27)25-23/h3-13,15H,14,16-17H2,1-2H3,(H,24,25,27)/b9-6+. The zero-order chi connectivity index (χ0) is 19.8. The molecule has 0 aliphatic heterocycles.